The van der Waals surface area contributed by atoms with Gasteiger partial charge in [0.05, 0.1) is 10.0 Å². The van der Waals surface area contributed by atoms with Crippen molar-refractivity contribution in [1.29, 1.82) is 0 Å². The van der Waals surface area contributed by atoms with Crippen LogP contribution in [0.2, 0.25) is 10.0 Å². The van der Waals surface area contributed by atoms with Gasteiger partial charge in [0.25, 0.3) is 5.91 Å². The van der Waals surface area contributed by atoms with Gasteiger partial charge in [-0.15, -0.1) is 0 Å². The molecule has 1 heterocycles. The number of nitrogens with one attached hydrogen (secondary N) is 2. The molecule has 0 saturated carbocycles. The maximum absolute atomic E-state index is 13.4. The molecule has 3 N–H and O–H groups in total. The number of carbonyl (C=O) groups is 4. The molecule has 3 rings (SSSR count). The Morgan fingerprint density at radius 3 is 2.21 bits per heavy atom. The van der Waals surface area contributed by atoms with E-state index in [0.717, 1.165) is 0 Å². The Bertz CT molecular complexity index is 1570. The average molecular weight is 730 g/mol. The van der Waals surface area contributed by atoms with Crippen LogP contribution in [-0.2, 0) is 19.1 Å². The van der Waals surface area contributed by atoms with Crippen molar-refractivity contribution in [2.24, 2.45) is 5.92 Å². The molecule has 0 spiro atoms. The molecule has 15 heteroatoms. The highest BCUT2D eigenvalue weighted by molar-refractivity contribution is 6.54. The van der Waals surface area contributed by atoms with Crippen LogP contribution >= 0.6 is 46.4 Å². The van der Waals surface area contributed by atoms with Crippen LogP contribution in [0.25, 0.3) is 22.6 Å². The molecular weight excluding hydrogens is 694 g/mol. The minimum absolute atomic E-state index is 0.0728. The Kier molecular flexibility index (Phi) is 13.4. The molecule has 3 amide bonds. The van der Waals surface area contributed by atoms with Crippen molar-refractivity contribution in [2.75, 3.05) is 11.4 Å². The maximum Gasteiger partial charge on any atom is 0.408 e. The predicted octanol–water partition coefficient (Wildman–Crippen LogP) is 7.35. The number of hydrogen-bond donors (Lipinski definition) is 3. The highest BCUT2D eigenvalue weighted by Gasteiger charge is 2.31. The van der Waals surface area contributed by atoms with Crippen molar-refractivity contribution >= 4 is 76.0 Å². The van der Waals surface area contributed by atoms with Gasteiger partial charge in [-0.1, -0.05) is 83.6 Å². The molecule has 254 valence electrons. The third-order valence-corrected chi connectivity index (χ3v) is 7.79. The summed E-state index contributed by atoms with van der Waals surface area (Å²) in [5, 5.41) is 19.4. The molecule has 11 nitrogen and oxygen atoms in total. The number of alkyl carbamates (subject to hydrolysis) is 1. The van der Waals surface area contributed by atoms with E-state index < -0.39 is 46.4 Å². The lowest BCUT2D eigenvalue weighted by molar-refractivity contribution is -0.137. The summed E-state index contributed by atoms with van der Waals surface area (Å²) in [6, 6.07) is 11.6. The van der Waals surface area contributed by atoms with Crippen LogP contribution in [0, 0.1) is 5.92 Å². The first-order valence-electron chi connectivity index (χ1n) is 14.6. The van der Waals surface area contributed by atoms with Crippen LogP contribution in [0.4, 0.5) is 10.5 Å². The summed E-state index contributed by atoms with van der Waals surface area (Å²) in [4.78, 5) is 50.4. The zero-order chi connectivity index (χ0) is 35.1. The Hall–Kier alpha value is -3.51. The van der Waals surface area contributed by atoms with E-state index in [0.29, 0.717) is 38.3 Å². The summed E-state index contributed by atoms with van der Waals surface area (Å²) in [5.74, 6) is -2.32. The molecule has 2 aromatic carbocycles. The Morgan fingerprint density at radius 1 is 1.00 bits per heavy atom. The summed E-state index contributed by atoms with van der Waals surface area (Å²) in [5.41, 5.74) is 1.02. The van der Waals surface area contributed by atoms with Crippen molar-refractivity contribution in [3.63, 3.8) is 0 Å². The number of anilines is 1. The number of amides is 3. The molecular formula is C32H36Cl4N4O7. The number of benzene rings is 2. The molecule has 0 saturated heterocycles. The van der Waals surface area contributed by atoms with E-state index in [4.69, 9.17) is 55.7 Å². The molecule has 0 aliphatic rings. The zero-order valence-corrected chi connectivity index (χ0v) is 29.4. The summed E-state index contributed by atoms with van der Waals surface area (Å²) < 4.78 is 10.9. The molecule has 2 atom stereocenters. The van der Waals surface area contributed by atoms with E-state index in [1.807, 2.05) is 13.8 Å². The second-order valence-corrected chi connectivity index (χ2v) is 13.9. The number of hydrogen-bond acceptors (Lipinski definition) is 7. The molecule has 1 aromatic heterocycles. The summed E-state index contributed by atoms with van der Waals surface area (Å²) in [6.45, 7) is 8.55. The zero-order valence-electron chi connectivity index (χ0n) is 26.4. The fourth-order valence-electron chi connectivity index (χ4n) is 4.43. The maximum atomic E-state index is 13.4. The van der Waals surface area contributed by atoms with E-state index in [2.05, 4.69) is 15.8 Å². The van der Waals surface area contributed by atoms with Gasteiger partial charge in [-0.2, -0.15) is 0 Å². The standard InChI is InChI=1S/C32H36Cl4N4O7/c1-17(2)24(37-29(43)22(12-13-26(41)42)38-31(45)46-32(3,4)5)16-40(30(44)28(35)36)19-9-6-8-18(14-19)25-15-23(39-47-25)27-20(33)10-7-11-21(27)34/h6-11,14-15,17,22,24,28H,12-13,16H2,1-5H3,(H,37,43)(H,38,45)(H,41,42). The molecule has 0 radical (unpaired) electrons. The lowest BCUT2D eigenvalue weighted by Gasteiger charge is -2.32. The van der Waals surface area contributed by atoms with Gasteiger partial charge >= 0.3 is 12.1 Å². The molecule has 0 aliphatic carbocycles. The van der Waals surface area contributed by atoms with Crippen LogP contribution < -0.4 is 15.5 Å². The first-order valence-corrected chi connectivity index (χ1v) is 16.2. The van der Waals surface area contributed by atoms with Gasteiger partial charge in [0.15, 0.2) is 10.6 Å². The topological polar surface area (TPSA) is 151 Å². The predicted molar refractivity (Wildman–Crippen MR) is 182 cm³/mol. The number of alkyl halides is 2. The second kappa shape index (κ2) is 16.5. The van der Waals surface area contributed by atoms with Crippen LogP contribution in [0.15, 0.2) is 53.1 Å². The number of nitrogens with zero attached hydrogens (tertiary/aromatic N) is 2. The molecule has 47 heavy (non-hydrogen) atoms. The normalized spacial score (nSPS) is 12.8. The Balaban J connectivity index is 1.90. The monoisotopic (exact) mass is 728 g/mol. The highest BCUT2D eigenvalue weighted by Crippen LogP contribution is 2.36. The first kappa shape index (κ1) is 37.9. The number of halogens is 4. The van der Waals surface area contributed by atoms with Gasteiger partial charge in [0.2, 0.25) is 5.91 Å². The second-order valence-electron chi connectivity index (χ2n) is 12.0. The first-order chi connectivity index (χ1) is 22.0. The van der Waals surface area contributed by atoms with E-state index in [1.165, 1.54) is 4.90 Å². The molecule has 3 aromatic rings. The number of carboxylic acids is 1. The van der Waals surface area contributed by atoms with Crippen LogP contribution in [0.3, 0.4) is 0 Å². The lowest BCUT2D eigenvalue weighted by Crippen LogP contribution is -2.55. The summed E-state index contributed by atoms with van der Waals surface area (Å²) >= 11 is 24.8. The SMILES string of the molecule is CC(C)C(CN(C(=O)C(Cl)Cl)c1cccc(-c2cc(-c3c(Cl)cccc3Cl)no2)c1)NC(=O)C(CCC(=O)O)NC(=O)OC(C)(C)C. The molecule has 0 bridgehead atoms. The van der Waals surface area contributed by atoms with Gasteiger partial charge < -0.3 is 29.9 Å². The van der Waals surface area contributed by atoms with Crippen LogP contribution in [0.1, 0.15) is 47.5 Å². The number of carboxylic acid groups (broad SMARTS) is 1. The fourth-order valence-corrected chi connectivity index (χ4v) is 5.26. The van der Waals surface area contributed by atoms with Crippen molar-refractivity contribution in [3.05, 3.63) is 58.6 Å². The third kappa shape index (κ3) is 11.0. The summed E-state index contributed by atoms with van der Waals surface area (Å²) in [7, 11) is 0. The van der Waals surface area contributed by atoms with Gasteiger partial charge in [0.1, 0.15) is 17.3 Å². The van der Waals surface area contributed by atoms with Crippen molar-refractivity contribution in [1.82, 2.24) is 15.8 Å². The lowest BCUT2D eigenvalue weighted by atomic mass is 10.0. The van der Waals surface area contributed by atoms with Crippen molar-refractivity contribution < 1.29 is 33.5 Å². The van der Waals surface area contributed by atoms with Gasteiger partial charge in [-0.25, -0.2) is 4.79 Å². The smallest absolute Gasteiger partial charge is 0.408 e. The summed E-state index contributed by atoms with van der Waals surface area (Å²) in [6.07, 6.45) is -1.46. The van der Waals surface area contributed by atoms with E-state index in [-0.39, 0.29) is 25.3 Å². The molecule has 0 fully saturated rings. The van der Waals surface area contributed by atoms with Crippen molar-refractivity contribution in [3.8, 4) is 22.6 Å². The van der Waals surface area contributed by atoms with Crippen LogP contribution in [0.5, 0.6) is 0 Å². The average Bonchev–Trinajstić information content (AvgIpc) is 3.45. The van der Waals surface area contributed by atoms with E-state index >= 15 is 0 Å². The number of aliphatic carboxylic acids is 1. The quantitative estimate of drug-likeness (QED) is 0.155. The largest absolute Gasteiger partial charge is 0.481 e. The Labute approximate surface area is 292 Å². The van der Waals surface area contributed by atoms with Crippen LogP contribution in [-0.4, -0.2) is 63.2 Å². The third-order valence-electron chi connectivity index (χ3n) is 6.79. The van der Waals surface area contributed by atoms with Gasteiger partial charge in [-0.3, -0.25) is 14.4 Å². The minimum atomic E-state index is -1.43. The fraction of sp³-hybridized carbons (Fsp3) is 0.406. The number of aromatic nitrogens is 1. The van der Waals surface area contributed by atoms with Crippen molar-refractivity contribution in [2.45, 2.75) is 70.0 Å². The highest BCUT2D eigenvalue weighted by atomic mass is 35.5. The minimum Gasteiger partial charge on any atom is -0.481 e. The number of rotatable bonds is 13. The number of carbonyl (C=O) groups excluding carboxylic acids is 3. The van der Waals surface area contributed by atoms with E-state index in [9.17, 15) is 24.3 Å². The van der Waals surface area contributed by atoms with Gasteiger partial charge in [-0.05, 0) is 57.4 Å². The van der Waals surface area contributed by atoms with Gasteiger partial charge in [0, 0.05) is 41.9 Å². The Morgan fingerprint density at radius 2 is 1.64 bits per heavy atom. The number of ether oxygens (including phenoxy) is 1. The molecule has 2 unspecified atom stereocenters. The van der Waals surface area contributed by atoms with E-state index in [1.54, 1.807) is 69.3 Å². The molecule has 0 aliphatic heterocycles.